The highest BCUT2D eigenvalue weighted by atomic mass is 16.6. The number of imide groups is 1. The molecular formula is C19H17NO4. The van der Waals surface area contributed by atoms with E-state index in [0.717, 1.165) is 4.90 Å². The Hall–Kier alpha value is -2.95. The van der Waals surface area contributed by atoms with Crippen LogP contribution in [-0.2, 0) is 4.74 Å². The zero-order valence-electron chi connectivity index (χ0n) is 13.7. The molecule has 1 aliphatic heterocycles. The van der Waals surface area contributed by atoms with Gasteiger partial charge >= 0.3 is 5.97 Å². The Balaban J connectivity index is 2.05. The largest absolute Gasteiger partial charge is 0.456 e. The van der Waals surface area contributed by atoms with E-state index >= 15 is 0 Å². The van der Waals surface area contributed by atoms with Crippen molar-refractivity contribution in [1.82, 2.24) is 0 Å². The zero-order valence-corrected chi connectivity index (χ0v) is 13.7. The summed E-state index contributed by atoms with van der Waals surface area (Å²) in [6, 6.07) is 13.1. The van der Waals surface area contributed by atoms with E-state index < -0.39 is 23.4 Å². The molecule has 1 aliphatic rings. The lowest BCUT2D eigenvalue weighted by molar-refractivity contribution is 0.00706. The second-order valence-electron chi connectivity index (χ2n) is 6.51. The summed E-state index contributed by atoms with van der Waals surface area (Å²) in [5.74, 6) is -1.45. The van der Waals surface area contributed by atoms with Crippen LogP contribution >= 0.6 is 0 Å². The number of fused-ring (bicyclic) bond motifs is 1. The molecule has 0 radical (unpaired) electrons. The van der Waals surface area contributed by atoms with E-state index in [4.69, 9.17) is 4.74 Å². The molecule has 0 atom stereocenters. The Morgan fingerprint density at radius 2 is 1.38 bits per heavy atom. The van der Waals surface area contributed by atoms with Gasteiger partial charge in [0.2, 0.25) is 0 Å². The third-order valence-corrected chi connectivity index (χ3v) is 3.56. The van der Waals surface area contributed by atoms with Crippen molar-refractivity contribution in [1.29, 1.82) is 0 Å². The van der Waals surface area contributed by atoms with Gasteiger partial charge in [-0.1, -0.05) is 24.3 Å². The lowest BCUT2D eigenvalue weighted by Crippen LogP contribution is -2.32. The summed E-state index contributed by atoms with van der Waals surface area (Å²) in [7, 11) is 0. The molecule has 122 valence electrons. The topological polar surface area (TPSA) is 63.7 Å². The van der Waals surface area contributed by atoms with Gasteiger partial charge in [-0.05, 0) is 45.0 Å². The van der Waals surface area contributed by atoms with E-state index in [1.807, 2.05) is 0 Å². The summed E-state index contributed by atoms with van der Waals surface area (Å²) >= 11 is 0. The Labute approximate surface area is 139 Å². The second-order valence-corrected chi connectivity index (χ2v) is 6.51. The number of carbonyl (C=O) groups is 3. The van der Waals surface area contributed by atoms with Crippen LogP contribution in [0.5, 0.6) is 0 Å². The van der Waals surface area contributed by atoms with Crippen molar-refractivity contribution in [2.24, 2.45) is 0 Å². The number of rotatable bonds is 2. The van der Waals surface area contributed by atoms with Crippen LogP contribution in [0.1, 0.15) is 51.8 Å². The number of anilines is 1. The fraction of sp³-hybridized carbons (Fsp3) is 0.211. The van der Waals surface area contributed by atoms with Gasteiger partial charge in [0.1, 0.15) is 5.60 Å². The quantitative estimate of drug-likeness (QED) is 0.627. The zero-order chi connectivity index (χ0) is 17.5. The molecule has 0 fully saturated rings. The highest BCUT2D eigenvalue weighted by Crippen LogP contribution is 2.31. The normalized spacial score (nSPS) is 13.9. The maximum atomic E-state index is 12.6. The molecule has 2 amide bonds. The molecule has 5 heteroatoms. The first kappa shape index (κ1) is 15.9. The number of hydrogen-bond acceptors (Lipinski definition) is 4. The van der Waals surface area contributed by atoms with Crippen LogP contribution in [0, 0.1) is 0 Å². The van der Waals surface area contributed by atoms with Crippen molar-refractivity contribution >= 4 is 23.5 Å². The summed E-state index contributed by atoms with van der Waals surface area (Å²) in [6.07, 6.45) is 0. The number of esters is 1. The van der Waals surface area contributed by atoms with Crippen LogP contribution in [0.25, 0.3) is 0 Å². The van der Waals surface area contributed by atoms with Crippen LogP contribution in [0.2, 0.25) is 0 Å². The van der Waals surface area contributed by atoms with Crippen LogP contribution in [0.3, 0.4) is 0 Å². The van der Waals surface area contributed by atoms with Crippen molar-refractivity contribution in [3.05, 3.63) is 65.2 Å². The predicted molar refractivity (Wildman–Crippen MR) is 89.2 cm³/mol. The molecule has 0 unspecified atom stereocenters. The number of nitrogens with zero attached hydrogens (tertiary/aromatic N) is 1. The maximum absolute atomic E-state index is 12.6. The fourth-order valence-corrected chi connectivity index (χ4v) is 2.58. The molecule has 0 spiro atoms. The second kappa shape index (κ2) is 5.60. The first-order chi connectivity index (χ1) is 11.3. The van der Waals surface area contributed by atoms with E-state index in [2.05, 4.69) is 0 Å². The number of para-hydroxylation sites is 1. The van der Waals surface area contributed by atoms with E-state index in [1.54, 1.807) is 69.3 Å². The Kier molecular flexibility index (Phi) is 3.72. The average molecular weight is 323 g/mol. The molecule has 0 aliphatic carbocycles. The van der Waals surface area contributed by atoms with Gasteiger partial charge in [-0.15, -0.1) is 0 Å². The smallest absolute Gasteiger partial charge is 0.340 e. The molecule has 2 aromatic carbocycles. The van der Waals surface area contributed by atoms with Gasteiger partial charge in [-0.2, -0.15) is 0 Å². The van der Waals surface area contributed by atoms with Gasteiger partial charge in [0, 0.05) is 0 Å². The van der Waals surface area contributed by atoms with Crippen molar-refractivity contribution < 1.29 is 19.1 Å². The number of carbonyl (C=O) groups excluding carboxylic acids is 3. The molecule has 0 N–H and O–H groups in total. The summed E-state index contributed by atoms with van der Waals surface area (Å²) in [5.41, 5.74) is 0.412. The van der Waals surface area contributed by atoms with Crippen LogP contribution in [0.4, 0.5) is 5.69 Å². The molecule has 1 heterocycles. The first-order valence-electron chi connectivity index (χ1n) is 7.60. The molecule has 2 aromatic rings. The fourth-order valence-electron chi connectivity index (χ4n) is 2.58. The molecule has 0 bridgehead atoms. The summed E-state index contributed by atoms with van der Waals surface area (Å²) in [6.45, 7) is 5.28. The Morgan fingerprint density at radius 3 is 1.92 bits per heavy atom. The lowest BCUT2D eigenvalue weighted by Gasteiger charge is -2.22. The van der Waals surface area contributed by atoms with Gasteiger partial charge < -0.3 is 4.74 Å². The maximum Gasteiger partial charge on any atom is 0.340 e. The van der Waals surface area contributed by atoms with E-state index in [1.165, 1.54) is 0 Å². The molecule has 3 rings (SSSR count). The van der Waals surface area contributed by atoms with Gasteiger partial charge in [0.15, 0.2) is 0 Å². The molecular weight excluding hydrogens is 306 g/mol. The number of benzene rings is 2. The van der Waals surface area contributed by atoms with E-state index in [0.29, 0.717) is 11.1 Å². The summed E-state index contributed by atoms with van der Waals surface area (Å²) in [4.78, 5) is 38.7. The minimum atomic E-state index is -0.674. The highest BCUT2D eigenvalue weighted by Gasteiger charge is 2.38. The minimum absolute atomic E-state index is 0.182. The van der Waals surface area contributed by atoms with Gasteiger partial charge in [0.25, 0.3) is 11.8 Å². The summed E-state index contributed by atoms with van der Waals surface area (Å²) in [5, 5.41) is 0. The summed E-state index contributed by atoms with van der Waals surface area (Å²) < 4.78 is 5.38. The average Bonchev–Trinajstić information content (AvgIpc) is 2.78. The molecule has 0 saturated heterocycles. The number of hydrogen-bond donors (Lipinski definition) is 0. The van der Waals surface area contributed by atoms with Crippen LogP contribution in [-0.4, -0.2) is 23.4 Å². The van der Waals surface area contributed by atoms with Gasteiger partial charge in [-0.3, -0.25) is 9.59 Å². The standard InChI is InChI=1S/C19H17NO4/c1-19(2,3)24-18(23)14-10-6-7-11-15(14)20-16(21)12-8-4-5-9-13(12)17(20)22/h4-11H,1-3H3. The molecule has 24 heavy (non-hydrogen) atoms. The Bertz CT molecular complexity index is 813. The minimum Gasteiger partial charge on any atom is -0.456 e. The van der Waals surface area contributed by atoms with Crippen molar-refractivity contribution in [2.75, 3.05) is 4.90 Å². The molecule has 5 nitrogen and oxygen atoms in total. The van der Waals surface area contributed by atoms with Crippen LogP contribution < -0.4 is 4.90 Å². The van der Waals surface area contributed by atoms with E-state index in [-0.39, 0.29) is 11.3 Å². The van der Waals surface area contributed by atoms with Crippen molar-refractivity contribution in [3.63, 3.8) is 0 Å². The van der Waals surface area contributed by atoms with Gasteiger partial charge in [-0.25, -0.2) is 9.69 Å². The first-order valence-corrected chi connectivity index (χ1v) is 7.60. The Morgan fingerprint density at radius 1 is 0.875 bits per heavy atom. The SMILES string of the molecule is CC(C)(C)OC(=O)c1ccccc1N1C(=O)c2ccccc2C1=O. The number of ether oxygens (including phenoxy) is 1. The van der Waals surface area contributed by atoms with Crippen molar-refractivity contribution in [2.45, 2.75) is 26.4 Å². The van der Waals surface area contributed by atoms with Crippen LogP contribution in [0.15, 0.2) is 48.5 Å². The van der Waals surface area contributed by atoms with Gasteiger partial charge in [0.05, 0.1) is 22.4 Å². The lowest BCUT2D eigenvalue weighted by atomic mass is 10.1. The molecule has 0 saturated carbocycles. The predicted octanol–water partition coefficient (Wildman–Crippen LogP) is 3.44. The highest BCUT2D eigenvalue weighted by molar-refractivity contribution is 6.35. The molecule has 0 aromatic heterocycles. The van der Waals surface area contributed by atoms with Crippen molar-refractivity contribution in [3.8, 4) is 0 Å². The monoisotopic (exact) mass is 323 g/mol. The third-order valence-electron chi connectivity index (χ3n) is 3.56. The number of amides is 2. The van der Waals surface area contributed by atoms with E-state index in [9.17, 15) is 14.4 Å². The third kappa shape index (κ3) is 2.69.